The molecule has 2 unspecified atom stereocenters. The van der Waals surface area contributed by atoms with E-state index in [0.29, 0.717) is 18.9 Å². The van der Waals surface area contributed by atoms with Crippen molar-refractivity contribution in [3.63, 3.8) is 0 Å². The van der Waals surface area contributed by atoms with Crippen molar-refractivity contribution in [1.29, 1.82) is 0 Å². The zero-order valence-corrected chi connectivity index (χ0v) is 11.3. The molecule has 0 saturated heterocycles. The van der Waals surface area contributed by atoms with Crippen LogP contribution in [0.2, 0.25) is 0 Å². The van der Waals surface area contributed by atoms with Crippen LogP contribution in [0.4, 0.5) is 0 Å². The highest BCUT2D eigenvalue weighted by atomic mass is 16.5. The molecule has 0 heterocycles. The number of carbonyl (C=O) groups excluding carboxylic acids is 1. The smallest absolute Gasteiger partial charge is 0.234 e. The Balaban J connectivity index is 3.87. The first-order chi connectivity index (χ1) is 8.01. The predicted molar refractivity (Wildman–Crippen MR) is 67.8 cm³/mol. The topological polar surface area (TPSA) is 70.6 Å². The number of aliphatic hydroxyl groups is 1. The maximum atomic E-state index is 11.6. The van der Waals surface area contributed by atoms with E-state index >= 15 is 0 Å². The Bertz CT molecular complexity index is 210. The Labute approximate surface area is 104 Å². The average Bonchev–Trinajstić information content (AvgIpc) is 2.23. The van der Waals surface area contributed by atoms with Crippen molar-refractivity contribution in [3.05, 3.63) is 0 Å². The number of aliphatic hydroxyl groups excluding tert-OH is 1. The number of hydrogen-bond acceptors (Lipinski definition) is 4. The number of carbonyl (C=O) groups is 1. The first-order valence-electron chi connectivity index (χ1n) is 6.13. The van der Waals surface area contributed by atoms with E-state index in [9.17, 15) is 4.79 Å². The van der Waals surface area contributed by atoms with Crippen LogP contribution < -0.4 is 10.6 Å². The Hall–Kier alpha value is -0.650. The van der Waals surface area contributed by atoms with E-state index in [1.165, 1.54) is 0 Å². The second-order valence-corrected chi connectivity index (χ2v) is 4.67. The molecule has 0 fully saturated rings. The second-order valence-electron chi connectivity index (χ2n) is 4.67. The standard InChI is InChI=1S/C12H26N2O3/c1-9(2)11(5-6-15)13-7-12(16)14-10(3)8-17-4/h9-11,13,15H,5-8H2,1-4H3,(H,14,16). The highest BCUT2D eigenvalue weighted by molar-refractivity contribution is 5.78. The lowest BCUT2D eigenvalue weighted by Gasteiger charge is -2.22. The lowest BCUT2D eigenvalue weighted by atomic mass is 10.0. The van der Waals surface area contributed by atoms with Crippen molar-refractivity contribution in [2.75, 3.05) is 26.9 Å². The quantitative estimate of drug-likeness (QED) is 0.541. The van der Waals surface area contributed by atoms with Crippen LogP contribution in [0.1, 0.15) is 27.2 Å². The lowest BCUT2D eigenvalue weighted by molar-refractivity contribution is -0.121. The number of hydrogen-bond donors (Lipinski definition) is 3. The Morgan fingerprint density at radius 1 is 1.35 bits per heavy atom. The largest absolute Gasteiger partial charge is 0.396 e. The van der Waals surface area contributed by atoms with Gasteiger partial charge in [0.15, 0.2) is 0 Å². The fraction of sp³-hybridized carbons (Fsp3) is 0.917. The Kier molecular flexibility index (Phi) is 9.03. The molecule has 0 aliphatic heterocycles. The lowest BCUT2D eigenvalue weighted by Crippen LogP contribution is -2.45. The number of ether oxygens (including phenoxy) is 1. The van der Waals surface area contributed by atoms with Gasteiger partial charge in [-0.2, -0.15) is 0 Å². The van der Waals surface area contributed by atoms with E-state index in [-0.39, 0.29) is 31.1 Å². The van der Waals surface area contributed by atoms with Gasteiger partial charge in [0.2, 0.25) is 5.91 Å². The Morgan fingerprint density at radius 3 is 2.47 bits per heavy atom. The van der Waals surface area contributed by atoms with Crippen molar-refractivity contribution in [1.82, 2.24) is 10.6 Å². The fourth-order valence-corrected chi connectivity index (χ4v) is 1.65. The van der Waals surface area contributed by atoms with Crippen LogP contribution in [0, 0.1) is 5.92 Å². The van der Waals surface area contributed by atoms with Gasteiger partial charge in [-0.05, 0) is 19.3 Å². The van der Waals surface area contributed by atoms with Gasteiger partial charge in [0.1, 0.15) is 0 Å². The van der Waals surface area contributed by atoms with Gasteiger partial charge in [0.25, 0.3) is 0 Å². The molecule has 0 spiro atoms. The zero-order valence-electron chi connectivity index (χ0n) is 11.3. The van der Waals surface area contributed by atoms with Crippen molar-refractivity contribution in [2.24, 2.45) is 5.92 Å². The van der Waals surface area contributed by atoms with E-state index in [2.05, 4.69) is 24.5 Å². The number of methoxy groups -OCH3 is 1. The van der Waals surface area contributed by atoms with Crippen LogP contribution in [0.15, 0.2) is 0 Å². The minimum Gasteiger partial charge on any atom is -0.396 e. The van der Waals surface area contributed by atoms with Gasteiger partial charge in [-0.25, -0.2) is 0 Å². The van der Waals surface area contributed by atoms with Gasteiger partial charge in [0.05, 0.1) is 13.2 Å². The summed E-state index contributed by atoms with van der Waals surface area (Å²) >= 11 is 0. The maximum Gasteiger partial charge on any atom is 0.234 e. The van der Waals surface area contributed by atoms with Gasteiger partial charge in [-0.15, -0.1) is 0 Å². The summed E-state index contributed by atoms with van der Waals surface area (Å²) in [6.45, 7) is 6.96. The average molecular weight is 246 g/mol. The monoisotopic (exact) mass is 246 g/mol. The molecule has 0 bridgehead atoms. The number of amides is 1. The minimum absolute atomic E-state index is 0.0182. The van der Waals surface area contributed by atoms with Crippen LogP contribution in [0.3, 0.4) is 0 Å². The third-order valence-electron chi connectivity index (χ3n) is 2.59. The van der Waals surface area contributed by atoms with Crippen molar-refractivity contribution < 1.29 is 14.6 Å². The molecule has 0 aromatic rings. The van der Waals surface area contributed by atoms with Crippen LogP contribution in [0.5, 0.6) is 0 Å². The van der Waals surface area contributed by atoms with Crippen molar-refractivity contribution >= 4 is 5.91 Å². The normalized spacial score (nSPS) is 14.7. The third kappa shape index (κ3) is 8.12. The van der Waals surface area contributed by atoms with Gasteiger partial charge >= 0.3 is 0 Å². The minimum atomic E-state index is -0.0434. The van der Waals surface area contributed by atoms with E-state index in [1.807, 2.05) is 6.92 Å². The van der Waals surface area contributed by atoms with E-state index in [1.54, 1.807) is 7.11 Å². The highest BCUT2D eigenvalue weighted by Crippen LogP contribution is 2.04. The SMILES string of the molecule is COCC(C)NC(=O)CNC(CCO)C(C)C. The first kappa shape index (κ1) is 16.4. The molecule has 5 heteroatoms. The molecule has 102 valence electrons. The molecular formula is C12H26N2O3. The molecule has 5 nitrogen and oxygen atoms in total. The van der Waals surface area contributed by atoms with Crippen LogP contribution in [0.25, 0.3) is 0 Å². The third-order valence-corrected chi connectivity index (χ3v) is 2.59. The molecule has 0 aliphatic carbocycles. The van der Waals surface area contributed by atoms with Crippen molar-refractivity contribution in [3.8, 4) is 0 Å². The molecule has 2 atom stereocenters. The van der Waals surface area contributed by atoms with E-state index < -0.39 is 0 Å². The fourth-order valence-electron chi connectivity index (χ4n) is 1.65. The molecule has 1 amide bonds. The molecule has 0 aromatic heterocycles. The maximum absolute atomic E-state index is 11.6. The summed E-state index contributed by atoms with van der Waals surface area (Å²) in [6, 6.07) is 0.188. The predicted octanol–water partition coefficient (Wildman–Crippen LogP) is 0.134. The summed E-state index contributed by atoms with van der Waals surface area (Å²) in [5.41, 5.74) is 0. The molecule has 3 N–H and O–H groups in total. The summed E-state index contributed by atoms with van der Waals surface area (Å²) in [5.74, 6) is 0.351. The molecule has 0 aliphatic rings. The molecular weight excluding hydrogens is 220 g/mol. The first-order valence-corrected chi connectivity index (χ1v) is 6.13. The molecule has 0 rings (SSSR count). The van der Waals surface area contributed by atoms with E-state index in [0.717, 1.165) is 0 Å². The van der Waals surface area contributed by atoms with Crippen LogP contribution >= 0.6 is 0 Å². The number of rotatable bonds is 9. The van der Waals surface area contributed by atoms with E-state index in [4.69, 9.17) is 9.84 Å². The van der Waals surface area contributed by atoms with Gasteiger partial charge in [-0.3, -0.25) is 4.79 Å². The second kappa shape index (κ2) is 9.39. The molecule has 0 aromatic carbocycles. The summed E-state index contributed by atoms with van der Waals surface area (Å²) in [6.07, 6.45) is 0.665. The van der Waals surface area contributed by atoms with Gasteiger partial charge < -0.3 is 20.5 Å². The highest BCUT2D eigenvalue weighted by Gasteiger charge is 2.14. The van der Waals surface area contributed by atoms with Gasteiger partial charge in [-0.1, -0.05) is 13.8 Å². The summed E-state index contributed by atoms with van der Waals surface area (Å²) in [7, 11) is 1.61. The zero-order chi connectivity index (χ0) is 13.3. The molecule has 17 heavy (non-hydrogen) atoms. The van der Waals surface area contributed by atoms with Crippen LogP contribution in [-0.4, -0.2) is 50.0 Å². The molecule has 0 saturated carbocycles. The Morgan fingerprint density at radius 2 is 2.00 bits per heavy atom. The summed E-state index contributed by atoms with van der Waals surface area (Å²) < 4.78 is 4.94. The number of nitrogens with one attached hydrogen (secondary N) is 2. The summed E-state index contributed by atoms with van der Waals surface area (Å²) in [4.78, 5) is 11.6. The molecule has 0 radical (unpaired) electrons. The van der Waals surface area contributed by atoms with Gasteiger partial charge in [0, 0.05) is 25.8 Å². The summed E-state index contributed by atoms with van der Waals surface area (Å²) in [5, 5.41) is 14.9. The van der Waals surface area contributed by atoms with Crippen molar-refractivity contribution in [2.45, 2.75) is 39.3 Å². The van der Waals surface area contributed by atoms with Crippen LogP contribution in [-0.2, 0) is 9.53 Å².